The lowest BCUT2D eigenvalue weighted by molar-refractivity contribution is -0.144. The molecule has 2 saturated heterocycles. The number of carbonyl (C=O) groups excluding carboxylic acids is 2. The molecule has 1 aromatic heterocycles. The zero-order valence-corrected chi connectivity index (χ0v) is 26.5. The third kappa shape index (κ3) is 6.48. The van der Waals surface area contributed by atoms with Crippen LogP contribution in [-0.2, 0) is 20.7 Å². The predicted octanol–water partition coefficient (Wildman–Crippen LogP) is 6.07. The molecule has 238 valence electrons. The number of fused-ring (bicyclic) bond motifs is 2. The van der Waals surface area contributed by atoms with Crippen LogP contribution >= 0.6 is 22.9 Å². The van der Waals surface area contributed by atoms with E-state index in [0.717, 1.165) is 41.4 Å². The molecule has 2 N–H and O–H groups in total. The fourth-order valence-corrected chi connectivity index (χ4v) is 8.68. The van der Waals surface area contributed by atoms with Crippen LogP contribution in [0.15, 0.2) is 41.8 Å². The van der Waals surface area contributed by atoms with Gasteiger partial charge >= 0.3 is 5.97 Å². The van der Waals surface area contributed by atoms with Crippen molar-refractivity contribution < 1.29 is 28.6 Å². The summed E-state index contributed by atoms with van der Waals surface area (Å²) in [5, 5.41) is 14.8. The lowest BCUT2D eigenvalue weighted by Gasteiger charge is -2.30. The molecule has 45 heavy (non-hydrogen) atoms. The number of nitrogens with zero attached hydrogens (tertiary/aromatic N) is 2. The highest BCUT2D eigenvalue weighted by molar-refractivity contribution is 7.17. The molecule has 2 aromatic carbocycles. The molecule has 11 heteroatoms. The Hall–Kier alpha value is -3.05. The fourth-order valence-electron chi connectivity index (χ4n) is 7.50. The number of anilines is 1. The molecule has 2 aliphatic heterocycles. The van der Waals surface area contributed by atoms with Crippen molar-refractivity contribution in [3.63, 3.8) is 0 Å². The third-order valence-electron chi connectivity index (χ3n) is 10.2. The second kappa shape index (κ2) is 12.6. The number of rotatable bonds is 9. The molecule has 2 amide bonds. The molecule has 0 radical (unpaired) electrons. The molecule has 0 bridgehead atoms. The summed E-state index contributed by atoms with van der Waals surface area (Å²) < 4.78 is 22.7. The van der Waals surface area contributed by atoms with E-state index in [0.29, 0.717) is 44.4 Å². The highest BCUT2D eigenvalue weighted by Crippen LogP contribution is 2.46. The first-order valence-corrected chi connectivity index (χ1v) is 17.1. The number of ether oxygens (including phenoxy) is 1. The maximum Gasteiger partial charge on any atom is 0.306 e. The number of nitrogens with one attached hydrogen (secondary N) is 1. The Bertz CT molecular complexity index is 1610. The average Bonchev–Trinajstić information content (AvgIpc) is 3.37. The Balaban J connectivity index is 1.02. The van der Waals surface area contributed by atoms with E-state index in [9.17, 15) is 19.5 Å². The molecule has 0 unspecified atom stereocenters. The van der Waals surface area contributed by atoms with Crippen molar-refractivity contribution in [3.8, 4) is 0 Å². The van der Waals surface area contributed by atoms with Gasteiger partial charge in [-0.25, -0.2) is 4.39 Å². The summed E-state index contributed by atoms with van der Waals surface area (Å²) in [4.78, 5) is 42.5. The quantitative estimate of drug-likeness (QED) is 0.291. The Morgan fingerprint density at radius 1 is 1.04 bits per heavy atom. The van der Waals surface area contributed by atoms with Gasteiger partial charge in [0.05, 0.1) is 47.4 Å². The molecule has 2 saturated carbocycles. The van der Waals surface area contributed by atoms with Crippen LogP contribution in [0.2, 0.25) is 5.02 Å². The number of halogens is 2. The van der Waals surface area contributed by atoms with Crippen molar-refractivity contribution in [1.29, 1.82) is 0 Å². The van der Waals surface area contributed by atoms with Crippen LogP contribution in [0.4, 0.5) is 10.1 Å². The van der Waals surface area contributed by atoms with Gasteiger partial charge < -0.3 is 20.1 Å². The van der Waals surface area contributed by atoms with E-state index in [-0.39, 0.29) is 58.6 Å². The molecule has 4 fully saturated rings. The number of thiophene rings is 1. The van der Waals surface area contributed by atoms with Crippen LogP contribution in [0.3, 0.4) is 0 Å². The molecule has 0 spiro atoms. The summed E-state index contributed by atoms with van der Waals surface area (Å²) in [6.45, 7) is 3.11. The van der Waals surface area contributed by atoms with Crippen molar-refractivity contribution >= 4 is 56.5 Å². The number of piperidine rings is 1. The zero-order chi connectivity index (χ0) is 31.2. The van der Waals surface area contributed by atoms with Crippen LogP contribution in [0.5, 0.6) is 0 Å². The van der Waals surface area contributed by atoms with Crippen LogP contribution in [-0.4, -0.2) is 77.1 Å². The van der Waals surface area contributed by atoms with E-state index in [2.05, 4.69) is 10.2 Å². The van der Waals surface area contributed by atoms with Crippen LogP contribution in [0, 0.1) is 23.6 Å². The monoisotopic (exact) mass is 653 g/mol. The first-order chi connectivity index (χ1) is 21.7. The number of hydrogen-bond acceptors (Lipinski definition) is 6. The van der Waals surface area contributed by atoms with Gasteiger partial charge in [0, 0.05) is 41.1 Å². The van der Waals surface area contributed by atoms with Gasteiger partial charge in [-0.05, 0) is 74.1 Å². The maximum atomic E-state index is 15.4. The molecule has 3 aromatic rings. The predicted molar refractivity (Wildman–Crippen MR) is 171 cm³/mol. The van der Waals surface area contributed by atoms with Gasteiger partial charge in [0.15, 0.2) is 0 Å². The summed E-state index contributed by atoms with van der Waals surface area (Å²) in [5.74, 6) is -0.647. The lowest BCUT2D eigenvalue weighted by atomic mass is 9.87. The molecule has 4 atom stereocenters. The van der Waals surface area contributed by atoms with Gasteiger partial charge in [0.25, 0.3) is 5.91 Å². The number of benzene rings is 2. The Morgan fingerprint density at radius 2 is 1.80 bits per heavy atom. The molecule has 4 aliphatic rings. The Morgan fingerprint density at radius 3 is 2.56 bits per heavy atom. The number of carboxylic acids is 1. The molecule has 7 rings (SSSR count). The van der Waals surface area contributed by atoms with Crippen molar-refractivity contribution in [2.24, 2.45) is 17.8 Å². The number of hydrogen-bond donors (Lipinski definition) is 2. The fraction of sp³-hybridized carbons (Fsp3) is 0.500. The SMILES string of the molecule is O=C(Nc1cc(F)c(CC(=O)N2C[C@@H](N3C[C@H]4C[C@H]4C3)C[C@H]2COC2CCC(C(=O)O)CC2)cc1Cl)c1csc2ccccc12. The minimum atomic E-state index is -0.744. The van der Waals surface area contributed by atoms with E-state index in [1.54, 1.807) is 5.38 Å². The number of likely N-dealkylation sites (tertiary alicyclic amines) is 2. The number of carboxylic acid groups (broad SMARTS) is 1. The minimum Gasteiger partial charge on any atom is -0.481 e. The van der Waals surface area contributed by atoms with E-state index in [1.807, 2.05) is 29.2 Å². The van der Waals surface area contributed by atoms with E-state index >= 15 is 4.39 Å². The summed E-state index contributed by atoms with van der Waals surface area (Å²) in [7, 11) is 0. The Kier molecular flexibility index (Phi) is 8.58. The summed E-state index contributed by atoms with van der Waals surface area (Å²) >= 11 is 7.98. The number of amides is 2. The minimum absolute atomic E-state index is 0.0119. The van der Waals surface area contributed by atoms with Gasteiger partial charge in [-0.1, -0.05) is 29.8 Å². The third-order valence-corrected chi connectivity index (χ3v) is 11.5. The van der Waals surface area contributed by atoms with Crippen molar-refractivity contribution in [2.45, 2.75) is 63.1 Å². The maximum absolute atomic E-state index is 15.4. The molecule has 8 nitrogen and oxygen atoms in total. The molecule has 3 heterocycles. The van der Waals surface area contributed by atoms with E-state index in [1.165, 1.54) is 29.9 Å². The normalized spacial score (nSPS) is 27.9. The summed E-state index contributed by atoms with van der Waals surface area (Å²) in [5.41, 5.74) is 0.832. The van der Waals surface area contributed by atoms with Gasteiger partial charge in [-0.3, -0.25) is 19.3 Å². The van der Waals surface area contributed by atoms with Crippen molar-refractivity contribution in [2.75, 3.05) is 31.6 Å². The first kappa shape index (κ1) is 30.6. The first-order valence-electron chi connectivity index (χ1n) is 15.9. The lowest BCUT2D eigenvalue weighted by Crippen LogP contribution is -2.41. The summed E-state index contributed by atoms with van der Waals surface area (Å²) in [6.07, 6.45) is 4.56. The van der Waals surface area contributed by atoms with Crippen LogP contribution in [0.25, 0.3) is 10.1 Å². The van der Waals surface area contributed by atoms with Gasteiger partial charge in [-0.2, -0.15) is 0 Å². The number of carbonyl (C=O) groups is 3. The second-order valence-corrected chi connectivity index (χ2v) is 14.5. The summed E-state index contributed by atoms with van der Waals surface area (Å²) in [6, 6.07) is 10.3. The Labute approximate surface area is 270 Å². The topological polar surface area (TPSA) is 99.2 Å². The smallest absolute Gasteiger partial charge is 0.306 e. The van der Waals surface area contributed by atoms with Crippen LogP contribution in [0.1, 0.15) is 54.4 Å². The van der Waals surface area contributed by atoms with Gasteiger partial charge in [0.1, 0.15) is 5.82 Å². The second-order valence-electron chi connectivity index (χ2n) is 13.1. The largest absolute Gasteiger partial charge is 0.481 e. The molecule has 2 aliphatic carbocycles. The molecular formula is C34H37ClFN3O5S. The van der Waals surface area contributed by atoms with Gasteiger partial charge in [0.2, 0.25) is 5.91 Å². The number of aliphatic carboxylic acids is 1. The van der Waals surface area contributed by atoms with E-state index in [4.69, 9.17) is 16.3 Å². The zero-order valence-electron chi connectivity index (χ0n) is 24.9. The highest BCUT2D eigenvalue weighted by Gasteiger charge is 2.49. The van der Waals surface area contributed by atoms with Crippen molar-refractivity contribution in [1.82, 2.24) is 9.80 Å². The average molecular weight is 654 g/mol. The van der Waals surface area contributed by atoms with Crippen molar-refractivity contribution in [3.05, 3.63) is 63.7 Å². The van der Waals surface area contributed by atoms with Crippen LogP contribution < -0.4 is 5.32 Å². The molecular weight excluding hydrogens is 617 g/mol. The highest BCUT2D eigenvalue weighted by atomic mass is 35.5. The van der Waals surface area contributed by atoms with E-state index < -0.39 is 11.8 Å². The standard InChI is InChI=1S/C34H37ClFN3O5S/c35-28-10-20(29(36)13-30(28)37-33(41)27-18-45-31-4-2-1-3-26(27)31)11-32(40)39-16-23(38-14-21-9-22(21)15-38)12-24(39)17-44-25-7-5-19(6-8-25)34(42)43/h1-4,10,13,18-19,21-25H,5-9,11-12,14-17H2,(H,37,41)(H,42,43)/t19?,21-,22+,23-,24-,25?/m0/s1. The van der Waals surface area contributed by atoms with Gasteiger partial charge in [-0.15, -0.1) is 11.3 Å².